The van der Waals surface area contributed by atoms with E-state index < -0.39 is 53.4 Å². The van der Waals surface area contributed by atoms with Crippen LogP contribution in [-0.2, 0) is 9.59 Å². The van der Waals surface area contributed by atoms with Gasteiger partial charge in [0.2, 0.25) is 11.8 Å². The second-order valence-corrected chi connectivity index (χ2v) is 3.97. The first kappa shape index (κ1) is 13.3. The Labute approximate surface area is 105 Å². The number of amides is 2. The molecule has 4 nitrogen and oxygen atoms in total. The van der Waals surface area contributed by atoms with Gasteiger partial charge in [0.05, 0.1) is 6.54 Å². The molecular formula is C11H8F4N2O2. The van der Waals surface area contributed by atoms with Crippen molar-refractivity contribution >= 4 is 17.5 Å². The molecule has 2 rings (SSSR count). The second-order valence-electron chi connectivity index (χ2n) is 3.97. The molecule has 0 radical (unpaired) electrons. The molecule has 1 aromatic carbocycles. The molecule has 0 saturated carbocycles. The van der Waals surface area contributed by atoms with Crippen LogP contribution in [0.15, 0.2) is 6.07 Å². The molecule has 0 aliphatic carbocycles. The molecule has 0 spiro atoms. The number of carbonyl (C=O) groups excluding carboxylic acids is 2. The number of benzene rings is 1. The van der Waals surface area contributed by atoms with Gasteiger partial charge in [-0.3, -0.25) is 14.5 Å². The Bertz CT molecular complexity index is 550. The predicted molar refractivity (Wildman–Crippen MR) is 56.2 cm³/mol. The topological polar surface area (TPSA) is 49.4 Å². The Kier molecular flexibility index (Phi) is 3.17. The molecule has 1 unspecified atom stereocenters. The van der Waals surface area contributed by atoms with Gasteiger partial charge in [-0.15, -0.1) is 0 Å². The van der Waals surface area contributed by atoms with Gasteiger partial charge in [0.15, 0.2) is 23.3 Å². The molecule has 0 aromatic heterocycles. The highest BCUT2D eigenvalue weighted by Crippen LogP contribution is 2.30. The van der Waals surface area contributed by atoms with Gasteiger partial charge in [-0.25, -0.2) is 17.6 Å². The average Bonchev–Trinajstić information content (AvgIpc) is 2.36. The summed E-state index contributed by atoms with van der Waals surface area (Å²) < 4.78 is 53.4. The molecule has 8 heteroatoms. The molecule has 1 atom stereocenters. The molecule has 1 heterocycles. The van der Waals surface area contributed by atoms with Gasteiger partial charge in [-0.05, 0) is 6.92 Å². The predicted octanol–water partition coefficient (Wildman–Crippen LogP) is 1.09. The first-order chi connectivity index (χ1) is 8.84. The van der Waals surface area contributed by atoms with Crippen LogP contribution in [0.2, 0.25) is 0 Å². The minimum Gasteiger partial charge on any atom is -0.345 e. The van der Waals surface area contributed by atoms with E-state index in [-0.39, 0.29) is 6.07 Å². The molecule has 1 saturated heterocycles. The Morgan fingerprint density at radius 2 is 1.68 bits per heavy atom. The van der Waals surface area contributed by atoms with Crippen LogP contribution in [0.4, 0.5) is 23.2 Å². The van der Waals surface area contributed by atoms with Gasteiger partial charge in [-0.2, -0.15) is 0 Å². The summed E-state index contributed by atoms with van der Waals surface area (Å²) in [7, 11) is 0. The van der Waals surface area contributed by atoms with Gasteiger partial charge in [0, 0.05) is 6.07 Å². The molecule has 0 bridgehead atoms. The number of piperazine rings is 1. The van der Waals surface area contributed by atoms with Gasteiger partial charge in [-0.1, -0.05) is 0 Å². The maximum absolute atomic E-state index is 13.6. The summed E-state index contributed by atoms with van der Waals surface area (Å²) in [5.41, 5.74) is -1.19. The molecule has 102 valence electrons. The summed E-state index contributed by atoms with van der Waals surface area (Å²) in [6, 6.07) is -1.24. The van der Waals surface area contributed by atoms with E-state index in [4.69, 9.17) is 0 Å². The van der Waals surface area contributed by atoms with E-state index in [0.717, 1.165) is 0 Å². The first-order valence-electron chi connectivity index (χ1n) is 5.27. The van der Waals surface area contributed by atoms with Crippen molar-refractivity contribution in [3.8, 4) is 0 Å². The molecule has 2 amide bonds. The van der Waals surface area contributed by atoms with E-state index in [0.29, 0.717) is 4.90 Å². The van der Waals surface area contributed by atoms with Crippen LogP contribution < -0.4 is 10.2 Å². The molecule has 1 N–H and O–H groups in total. The van der Waals surface area contributed by atoms with Crippen LogP contribution in [-0.4, -0.2) is 24.4 Å². The van der Waals surface area contributed by atoms with Crippen molar-refractivity contribution in [1.82, 2.24) is 5.32 Å². The highest BCUT2D eigenvalue weighted by Gasteiger charge is 2.37. The molecule has 1 fully saturated rings. The maximum atomic E-state index is 13.6. The number of hydrogen-bond acceptors (Lipinski definition) is 2. The summed E-state index contributed by atoms with van der Waals surface area (Å²) in [5, 5.41) is 2.19. The van der Waals surface area contributed by atoms with Crippen molar-refractivity contribution in [2.45, 2.75) is 13.0 Å². The van der Waals surface area contributed by atoms with Crippen molar-refractivity contribution < 1.29 is 27.2 Å². The molecular weight excluding hydrogens is 268 g/mol. The fourth-order valence-corrected chi connectivity index (χ4v) is 1.82. The monoisotopic (exact) mass is 276 g/mol. The molecule has 1 aliphatic heterocycles. The van der Waals surface area contributed by atoms with Gasteiger partial charge in [0.1, 0.15) is 11.7 Å². The third-order valence-corrected chi connectivity index (χ3v) is 2.78. The van der Waals surface area contributed by atoms with E-state index in [1.165, 1.54) is 6.92 Å². The lowest BCUT2D eigenvalue weighted by molar-refractivity contribution is -0.130. The highest BCUT2D eigenvalue weighted by molar-refractivity contribution is 6.06. The fraction of sp³-hybridized carbons (Fsp3) is 0.273. The lowest BCUT2D eigenvalue weighted by Crippen LogP contribution is -2.58. The number of halogens is 4. The van der Waals surface area contributed by atoms with E-state index in [9.17, 15) is 27.2 Å². The van der Waals surface area contributed by atoms with Crippen LogP contribution >= 0.6 is 0 Å². The van der Waals surface area contributed by atoms with E-state index >= 15 is 0 Å². The minimum absolute atomic E-state index is 0.0350. The molecule has 19 heavy (non-hydrogen) atoms. The zero-order valence-electron chi connectivity index (χ0n) is 9.64. The largest absolute Gasteiger partial charge is 0.345 e. The van der Waals surface area contributed by atoms with Crippen molar-refractivity contribution in [1.29, 1.82) is 0 Å². The lowest BCUT2D eigenvalue weighted by atomic mass is 10.1. The van der Waals surface area contributed by atoms with E-state index in [2.05, 4.69) is 5.32 Å². The van der Waals surface area contributed by atoms with Crippen molar-refractivity contribution in [2.24, 2.45) is 0 Å². The maximum Gasteiger partial charge on any atom is 0.247 e. The minimum atomic E-state index is -1.71. The number of anilines is 1. The standard InChI is InChI=1S/C11H8F4N2O2/c1-4-11(19)16-3-7(18)17(4)10-8(14)5(12)2-6(13)9(10)15/h2,4H,3H2,1H3,(H,16,19). The van der Waals surface area contributed by atoms with Crippen LogP contribution in [0.1, 0.15) is 6.92 Å². The summed E-state index contributed by atoms with van der Waals surface area (Å²) >= 11 is 0. The first-order valence-corrected chi connectivity index (χ1v) is 5.27. The fourth-order valence-electron chi connectivity index (χ4n) is 1.82. The number of hydrogen-bond donors (Lipinski definition) is 1. The summed E-state index contributed by atoms with van der Waals surface area (Å²) in [5.74, 6) is -8.25. The summed E-state index contributed by atoms with van der Waals surface area (Å²) in [6.07, 6.45) is 0. The van der Waals surface area contributed by atoms with Gasteiger partial charge >= 0.3 is 0 Å². The number of carbonyl (C=O) groups is 2. The number of rotatable bonds is 1. The van der Waals surface area contributed by atoms with E-state index in [1.54, 1.807) is 0 Å². The van der Waals surface area contributed by atoms with Gasteiger partial charge < -0.3 is 5.32 Å². The smallest absolute Gasteiger partial charge is 0.247 e. The Hall–Kier alpha value is -2.12. The zero-order valence-corrected chi connectivity index (χ0v) is 9.64. The van der Waals surface area contributed by atoms with Gasteiger partial charge in [0.25, 0.3) is 0 Å². The molecule has 1 aromatic rings. The normalized spacial score (nSPS) is 19.6. The van der Waals surface area contributed by atoms with Crippen molar-refractivity contribution in [2.75, 3.05) is 11.4 Å². The average molecular weight is 276 g/mol. The SMILES string of the molecule is CC1C(=O)NCC(=O)N1c1c(F)c(F)cc(F)c1F. The second kappa shape index (κ2) is 4.52. The van der Waals surface area contributed by atoms with Crippen LogP contribution in [0.5, 0.6) is 0 Å². The summed E-state index contributed by atoms with van der Waals surface area (Å²) in [6.45, 7) is 0.689. The van der Waals surface area contributed by atoms with Crippen LogP contribution in [0.25, 0.3) is 0 Å². The summed E-state index contributed by atoms with van der Waals surface area (Å²) in [4.78, 5) is 23.4. The lowest BCUT2D eigenvalue weighted by Gasteiger charge is -2.33. The quantitative estimate of drug-likeness (QED) is 0.616. The highest BCUT2D eigenvalue weighted by atomic mass is 19.2. The van der Waals surface area contributed by atoms with Crippen LogP contribution in [0.3, 0.4) is 0 Å². The van der Waals surface area contributed by atoms with Crippen molar-refractivity contribution in [3.05, 3.63) is 29.3 Å². The van der Waals surface area contributed by atoms with Crippen LogP contribution in [0, 0.1) is 23.3 Å². The Morgan fingerprint density at radius 3 is 2.21 bits per heavy atom. The molecule has 1 aliphatic rings. The zero-order chi connectivity index (χ0) is 14.3. The van der Waals surface area contributed by atoms with E-state index in [1.807, 2.05) is 0 Å². The third-order valence-electron chi connectivity index (χ3n) is 2.78. The Morgan fingerprint density at radius 1 is 1.16 bits per heavy atom. The Balaban J connectivity index is 2.63. The number of nitrogens with zero attached hydrogens (tertiary/aromatic N) is 1. The van der Waals surface area contributed by atoms with Crippen molar-refractivity contribution in [3.63, 3.8) is 0 Å². The number of nitrogens with one attached hydrogen (secondary N) is 1. The third kappa shape index (κ3) is 2.02.